The molecule has 1 aliphatic heterocycles. The third-order valence-corrected chi connectivity index (χ3v) is 7.50. The number of nitrogens with zero attached hydrogens (tertiary/aromatic N) is 1. The highest BCUT2D eigenvalue weighted by Gasteiger charge is 2.40. The molecule has 1 amide bonds. The number of amides is 1. The van der Waals surface area contributed by atoms with E-state index in [-0.39, 0.29) is 23.5 Å². The highest BCUT2D eigenvalue weighted by molar-refractivity contribution is 9.10. The van der Waals surface area contributed by atoms with Gasteiger partial charge in [0.25, 0.3) is 15.9 Å². The van der Waals surface area contributed by atoms with Gasteiger partial charge in [0.05, 0.1) is 17.5 Å². The lowest BCUT2D eigenvalue weighted by molar-refractivity contribution is -0.138. The largest absolute Gasteiger partial charge is 0.463 e. The maximum Gasteiger partial charge on any atom is 0.334 e. The van der Waals surface area contributed by atoms with Crippen LogP contribution in [0.2, 0.25) is 0 Å². The van der Waals surface area contributed by atoms with Crippen LogP contribution >= 0.6 is 15.9 Å². The lowest BCUT2D eigenvalue weighted by Crippen LogP contribution is -2.47. The normalized spacial score (nSPS) is 18.2. The van der Waals surface area contributed by atoms with Crippen molar-refractivity contribution in [3.63, 3.8) is 0 Å². The van der Waals surface area contributed by atoms with Crippen molar-refractivity contribution in [2.75, 3.05) is 6.61 Å². The van der Waals surface area contributed by atoms with E-state index in [1.165, 1.54) is 12.1 Å². The lowest BCUT2D eigenvalue weighted by Gasteiger charge is -2.34. The van der Waals surface area contributed by atoms with Gasteiger partial charge >= 0.3 is 5.97 Å². The Morgan fingerprint density at radius 2 is 1.81 bits per heavy atom. The second-order valence-electron chi connectivity index (χ2n) is 7.38. The third-order valence-electron chi connectivity index (χ3n) is 5.16. The molecule has 0 saturated heterocycles. The van der Waals surface area contributed by atoms with Crippen LogP contribution in [0.25, 0.3) is 0 Å². The predicted octanol–water partition coefficient (Wildman–Crippen LogP) is 4.42. The average molecular weight is 518 g/mol. The van der Waals surface area contributed by atoms with Crippen molar-refractivity contribution in [3.05, 3.63) is 87.4 Å². The summed E-state index contributed by atoms with van der Waals surface area (Å²) in [5.41, 5.74) is 1.88. The molecule has 0 N–H and O–H groups in total. The molecule has 1 heterocycles. The molecule has 0 aliphatic carbocycles. The second-order valence-corrected chi connectivity index (χ2v) is 10.1. The minimum Gasteiger partial charge on any atom is -0.463 e. The maximum absolute atomic E-state index is 13.4. The van der Waals surface area contributed by atoms with Gasteiger partial charge in [-0.15, -0.1) is 0 Å². The summed E-state index contributed by atoms with van der Waals surface area (Å²) in [7, 11) is -4.17. The summed E-state index contributed by atoms with van der Waals surface area (Å²) in [4.78, 5) is 25.9. The average Bonchev–Trinajstić information content (AvgIpc) is 2.75. The van der Waals surface area contributed by atoms with E-state index in [1.54, 1.807) is 39.0 Å². The van der Waals surface area contributed by atoms with Crippen molar-refractivity contribution in [2.45, 2.75) is 38.1 Å². The van der Waals surface area contributed by atoms with E-state index in [2.05, 4.69) is 15.9 Å². The van der Waals surface area contributed by atoms with Crippen molar-refractivity contribution in [1.82, 2.24) is 4.31 Å². The summed E-state index contributed by atoms with van der Waals surface area (Å²) in [6, 6.07) is 14.7. The molecule has 0 bridgehead atoms. The second kappa shape index (κ2) is 9.83. The first-order chi connectivity index (χ1) is 15.2. The van der Waals surface area contributed by atoms with Crippen molar-refractivity contribution in [2.24, 2.45) is 0 Å². The molecule has 0 spiro atoms. The zero-order valence-electron chi connectivity index (χ0n) is 18.0. The van der Waals surface area contributed by atoms with E-state index in [4.69, 9.17) is 4.74 Å². The number of rotatable bonds is 6. The first-order valence-electron chi connectivity index (χ1n) is 10.1. The summed E-state index contributed by atoms with van der Waals surface area (Å²) >= 11 is 3.28. The Hall–Kier alpha value is -2.71. The Labute approximate surface area is 196 Å². The first-order valence-corrected chi connectivity index (χ1v) is 12.4. The van der Waals surface area contributed by atoms with Crippen LogP contribution in [0.5, 0.6) is 0 Å². The van der Waals surface area contributed by atoms with E-state index in [9.17, 15) is 18.0 Å². The smallest absolute Gasteiger partial charge is 0.334 e. The highest BCUT2D eigenvalue weighted by Crippen LogP contribution is 2.32. The molecular weight excluding hydrogens is 494 g/mol. The van der Waals surface area contributed by atoms with Crippen LogP contribution in [0.1, 0.15) is 26.3 Å². The van der Waals surface area contributed by atoms with Crippen molar-refractivity contribution in [3.8, 4) is 0 Å². The monoisotopic (exact) mass is 517 g/mol. The van der Waals surface area contributed by atoms with Gasteiger partial charge in [-0.1, -0.05) is 52.3 Å². The number of sulfonamides is 1. The van der Waals surface area contributed by atoms with Gasteiger partial charge in [-0.3, -0.25) is 4.79 Å². The van der Waals surface area contributed by atoms with Crippen molar-refractivity contribution in [1.29, 1.82) is 0 Å². The molecule has 3 rings (SSSR count). The number of hydrogen-bond donors (Lipinski definition) is 0. The van der Waals surface area contributed by atoms with Gasteiger partial charge in [0.15, 0.2) is 0 Å². The molecular formula is C24H24BrNO5S. The third kappa shape index (κ3) is 4.86. The number of halogens is 1. The molecule has 0 radical (unpaired) electrons. The fraction of sp³-hybridized carbons (Fsp3) is 0.250. The summed E-state index contributed by atoms with van der Waals surface area (Å²) < 4.78 is 33.6. The van der Waals surface area contributed by atoms with Gasteiger partial charge in [0.2, 0.25) is 0 Å². The van der Waals surface area contributed by atoms with Crippen LogP contribution in [0.15, 0.2) is 86.8 Å². The highest BCUT2D eigenvalue weighted by atomic mass is 79.9. The molecule has 1 aliphatic rings. The lowest BCUT2D eigenvalue weighted by atomic mass is 9.92. The topological polar surface area (TPSA) is 80.8 Å². The van der Waals surface area contributed by atoms with Crippen LogP contribution in [-0.2, 0) is 30.8 Å². The van der Waals surface area contributed by atoms with Crippen LogP contribution < -0.4 is 0 Å². The molecule has 6 nitrogen and oxygen atoms in total. The summed E-state index contributed by atoms with van der Waals surface area (Å²) in [6.45, 7) is 5.04. The number of carbonyl (C=O) groups is 2. The van der Waals surface area contributed by atoms with Gasteiger partial charge < -0.3 is 4.74 Å². The zero-order chi connectivity index (χ0) is 23.5. The number of hydrogen-bond acceptors (Lipinski definition) is 5. The number of esters is 1. The summed E-state index contributed by atoms with van der Waals surface area (Å²) in [5.74, 6) is -1.15. The standard InChI is InChI=1S/C24H24BrNO5S/c1-4-31-24(28)22(14-18-9-6-5-7-10-18)21-13-16(2)23(27)26(17(21)3)32(29,30)20-12-8-11-19(25)15-20/h5-13,15,17H,4,14H2,1-3H3/b22-21-. The molecule has 0 fully saturated rings. The van der Waals surface area contributed by atoms with Crippen LogP contribution in [0, 0.1) is 0 Å². The maximum atomic E-state index is 13.4. The fourth-order valence-corrected chi connectivity index (χ4v) is 5.80. The zero-order valence-corrected chi connectivity index (χ0v) is 20.4. The quantitative estimate of drug-likeness (QED) is 0.418. The molecule has 1 unspecified atom stereocenters. The Bertz CT molecular complexity index is 1200. The molecule has 32 heavy (non-hydrogen) atoms. The van der Waals surface area contributed by atoms with E-state index in [0.717, 1.165) is 9.87 Å². The Kier molecular flexibility index (Phi) is 7.36. The molecule has 0 saturated carbocycles. The number of ether oxygens (including phenoxy) is 1. The Morgan fingerprint density at radius 3 is 2.44 bits per heavy atom. The van der Waals surface area contributed by atoms with E-state index >= 15 is 0 Å². The van der Waals surface area contributed by atoms with E-state index in [1.807, 2.05) is 30.3 Å². The van der Waals surface area contributed by atoms with Crippen LogP contribution in [0.3, 0.4) is 0 Å². The minimum atomic E-state index is -4.17. The fourth-order valence-electron chi connectivity index (χ4n) is 3.60. The molecule has 0 aromatic heterocycles. The minimum absolute atomic E-state index is 0.0122. The van der Waals surface area contributed by atoms with Crippen LogP contribution in [-0.4, -0.2) is 37.2 Å². The Morgan fingerprint density at radius 1 is 1.12 bits per heavy atom. The summed E-state index contributed by atoms with van der Waals surface area (Å²) in [5, 5.41) is 0. The van der Waals surface area contributed by atoms with Gasteiger partial charge in [-0.2, -0.15) is 0 Å². The van der Waals surface area contributed by atoms with Crippen LogP contribution in [0.4, 0.5) is 0 Å². The van der Waals surface area contributed by atoms with E-state index in [0.29, 0.717) is 15.6 Å². The first kappa shape index (κ1) is 23.9. The van der Waals surface area contributed by atoms with Crippen molar-refractivity contribution < 1.29 is 22.7 Å². The summed E-state index contributed by atoms with van der Waals surface area (Å²) in [6.07, 6.45) is 1.84. The van der Waals surface area contributed by atoms with E-state index < -0.39 is 27.9 Å². The predicted molar refractivity (Wildman–Crippen MR) is 125 cm³/mol. The van der Waals surface area contributed by atoms with Gasteiger partial charge in [-0.25, -0.2) is 17.5 Å². The number of benzene rings is 2. The molecule has 2 aromatic carbocycles. The van der Waals surface area contributed by atoms with Gasteiger partial charge in [0.1, 0.15) is 0 Å². The molecule has 1 atom stereocenters. The SMILES string of the molecule is CCOC(=O)/C(Cc1ccccc1)=C1/C=C(C)C(=O)N(S(=O)(=O)c2cccc(Br)c2)C1C. The molecule has 168 valence electrons. The number of carbonyl (C=O) groups excluding carboxylic acids is 2. The van der Waals surface area contributed by atoms with Gasteiger partial charge in [-0.05, 0) is 56.2 Å². The molecule has 2 aromatic rings. The van der Waals surface area contributed by atoms with Gasteiger partial charge in [0, 0.05) is 22.0 Å². The van der Waals surface area contributed by atoms with Crippen molar-refractivity contribution >= 4 is 37.8 Å². The molecule has 8 heteroatoms. The Balaban J connectivity index is 2.16.